The zero-order valence-electron chi connectivity index (χ0n) is 17.6. The van der Waals surface area contributed by atoms with Crippen molar-refractivity contribution >= 4 is 14.3 Å². The monoisotopic (exact) mass is 402 g/mol. The number of carbonyl (C=O) groups excluding carboxylic acids is 1. The lowest BCUT2D eigenvalue weighted by Gasteiger charge is -2.44. The van der Waals surface area contributed by atoms with Crippen molar-refractivity contribution in [3.8, 4) is 0 Å². The van der Waals surface area contributed by atoms with Crippen molar-refractivity contribution in [2.75, 3.05) is 0 Å². The van der Waals surface area contributed by atoms with Crippen molar-refractivity contribution in [2.45, 2.75) is 76.8 Å². The lowest BCUT2D eigenvalue weighted by atomic mass is 9.82. The fourth-order valence-electron chi connectivity index (χ4n) is 2.90. The van der Waals surface area contributed by atoms with Crippen LogP contribution in [0.3, 0.4) is 0 Å². The second-order valence-electron chi connectivity index (χ2n) is 9.07. The second-order valence-corrected chi connectivity index (χ2v) is 13.8. The Balaban J connectivity index is 1.53. The first-order valence-corrected chi connectivity index (χ1v) is 12.7. The van der Waals surface area contributed by atoms with Crippen LogP contribution in [0.4, 0.5) is 0 Å². The van der Waals surface area contributed by atoms with Crippen LogP contribution in [0.25, 0.3) is 0 Å². The highest BCUT2D eigenvalue weighted by atomic mass is 28.4. The van der Waals surface area contributed by atoms with E-state index in [4.69, 9.17) is 13.7 Å². The molecule has 1 aromatic heterocycles. The Morgan fingerprint density at radius 2 is 1.86 bits per heavy atom. The molecule has 1 aromatic carbocycles. The van der Waals surface area contributed by atoms with E-state index in [1.54, 1.807) is 31.2 Å². The Bertz CT molecular complexity index is 807. The van der Waals surface area contributed by atoms with Crippen LogP contribution in [0.1, 0.15) is 74.6 Å². The van der Waals surface area contributed by atoms with Crippen LogP contribution >= 0.6 is 0 Å². The SMILES string of the molecule is CC(OC(=O)c1ccccc1)c1nc(C2CC(O[Si](C)(C)C(C)(C)C)C2)no1. The Hall–Kier alpha value is -1.99. The van der Waals surface area contributed by atoms with Crippen molar-refractivity contribution in [1.29, 1.82) is 0 Å². The third-order valence-electron chi connectivity index (χ3n) is 5.83. The number of benzene rings is 1. The van der Waals surface area contributed by atoms with Gasteiger partial charge in [-0.2, -0.15) is 4.98 Å². The summed E-state index contributed by atoms with van der Waals surface area (Å²) in [4.78, 5) is 16.6. The summed E-state index contributed by atoms with van der Waals surface area (Å²) in [6.45, 7) is 13.0. The maximum Gasteiger partial charge on any atom is 0.338 e. The van der Waals surface area contributed by atoms with E-state index in [1.807, 2.05) is 6.07 Å². The second kappa shape index (κ2) is 7.79. The highest BCUT2D eigenvalue weighted by Gasteiger charge is 2.43. The molecule has 6 nitrogen and oxygen atoms in total. The number of esters is 1. The molecule has 1 unspecified atom stereocenters. The van der Waals surface area contributed by atoms with Gasteiger partial charge in [0.1, 0.15) is 0 Å². The molecular formula is C21H30N2O4Si. The third-order valence-corrected chi connectivity index (χ3v) is 10.4. The van der Waals surface area contributed by atoms with Crippen LogP contribution in [0.2, 0.25) is 18.1 Å². The number of ether oxygens (including phenoxy) is 1. The molecular weight excluding hydrogens is 372 g/mol. The fraction of sp³-hybridized carbons (Fsp3) is 0.571. The van der Waals surface area contributed by atoms with E-state index in [2.05, 4.69) is 44.0 Å². The minimum absolute atomic E-state index is 0.204. The van der Waals surface area contributed by atoms with Crippen molar-refractivity contribution in [2.24, 2.45) is 0 Å². The molecule has 7 heteroatoms. The molecule has 3 rings (SSSR count). The highest BCUT2D eigenvalue weighted by molar-refractivity contribution is 6.74. The molecule has 1 heterocycles. The maximum atomic E-state index is 12.2. The van der Waals surface area contributed by atoms with Gasteiger partial charge in [0.25, 0.3) is 5.89 Å². The molecule has 0 spiro atoms. The standard InChI is InChI=1S/C21H30N2O4Si/c1-14(25-20(24)15-10-8-7-9-11-15)19-22-18(23-26-19)16-12-17(13-16)27-28(5,6)21(2,3)4/h7-11,14,16-17H,12-13H2,1-6H3. The summed E-state index contributed by atoms with van der Waals surface area (Å²) in [5.74, 6) is 0.837. The molecule has 1 aliphatic carbocycles. The molecule has 1 saturated carbocycles. The van der Waals surface area contributed by atoms with E-state index in [-0.39, 0.29) is 17.1 Å². The Morgan fingerprint density at radius 1 is 1.21 bits per heavy atom. The molecule has 1 fully saturated rings. The fourth-order valence-corrected chi connectivity index (χ4v) is 4.28. The van der Waals surface area contributed by atoms with Crippen LogP contribution in [-0.4, -0.2) is 30.5 Å². The summed E-state index contributed by atoms with van der Waals surface area (Å²) >= 11 is 0. The zero-order chi connectivity index (χ0) is 20.5. The summed E-state index contributed by atoms with van der Waals surface area (Å²) in [5.41, 5.74) is 0.499. The van der Waals surface area contributed by atoms with Gasteiger partial charge in [0, 0.05) is 12.0 Å². The van der Waals surface area contributed by atoms with Gasteiger partial charge in [-0.25, -0.2) is 4.79 Å². The molecule has 0 N–H and O–H groups in total. The van der Waals surface area contributed by atoms with Crippen LogP contribution < -0.4 is 0 Å². The van der Waals surface area contributed by atoms with Gasteiger partial charge in [-0.05, 0) is 50.0 Å². The average molecular weight is 403 g/mol. The Morgan fingerprint density at radius 3 is 2.46 bits per heavy atom. The van der Waals surface area contributed by atoms with Crippen LogP contribution in [-0.2, 0) is 9.16 Å². The van der Waals surface area contributed by atoms with Gasteiger partial charge in [0.2, 0.25) is 0 Å². The lowest BCUT2D eigenvalue weighted by Crippen LogP contribution is -2.47. The molecule has 2 aromatic rings. The Labute approximate surface area is 167 Å². The normalized spacial score (nSPS) is 21.1. The van der Waals surface area contributed by atoms with Gasteiger partial charge in [-0.1, -0.05) is 44.1 Å². The van der Waals surface area contributed by atoms with Crippen LogP contribution in [0.15, 0.2) is 34.9 Å². The quantitative estimate of drug-likeness (QED) is 0.485. The minimum atomic E-state index is -1.75. The van der Waals surface area contributed by atoms with E-state index < -0.39 is 20.4 Å². The van der Waals surface area contributed by atoms with Crippen molar-refractivity contribution in [3.05, 3.63) is 47.6 Å². The van der Waals surface area contributed by atoms with Crippen molar-refractivity contribution < 1.29 is 18.5 Å². The molecule has 0 bridgehead atoms. The molecule has 0 amide bonds. The molecule has 1 atom stereocenters. The van der Waals surface area contributed by atoms with E-state index in [9.17, 15) is 4.79 Å². The topological polar surface area (TPSA) is 74.5 Å². The van der Waals surface area contributed by atoms with Gasteiger partial charge < -0.3 is 13.7 Å². The summed E-state index contributed by atoms with van der Waals surface area (Å²) in [6, 6.07) is 8.87. The lowest BCUT2D eigenvalue weighted by molar-refractivity contribution is 0.0265. The van der Waals surface area contributed by atoms with Gasteiger partial charge in [-0.3, -0.25) is 0 Å². The Kier molecular flexibility index (Phi) is 5.77. The molecule has 0 aliphatic heterocycles. The number of hydrogen-bond acceptors (Lipinski definition) is 6. The van der Waals surface area contributed by atoms with Crippen LogP contribution in [0.5, 0.6) is 0 Å². The highest BCUT2D eigenvalue weighted by Crippen LogP contribution is 2.44. The number of carbonyl (C=O) groups is 1. The van der Waals surface area contributed by atoms with E-state index >= 15 is 0 Å². The van der Waals surface area contributed by atoms with Gasteiger partial charge >= 0.3 is 5.97 Å². The van der Waals surface area contributed by atoms with E-state index in [0.717, 1.165) is 12.8 Å². The smallest absolute Gasteiger partial charge is 0.338 e. The molecule has 152 valence electrons. The van der Waals surface area contributed by atoms with Gasteiger partial charge in [0.05, 0.1) is 5.56 Å². The summed E-state index contributed by atoms with van der Waals surface area (Å²) in [5, 5.41) is 4.30. The summed E-state index contributed by atoms with van der Waals surface area (Å²) < 4.78 is 17.2. The average Bonchev–Trinajstić information content (AvgIpc) is 3.07. The maximum absolute atomic E-state index is 12.2. The predicted molar refractivity (Wildman–Crippen MR) is 109 cm³/mol. The largest absolute Gasteiger partial charge is 0.449 e. The zero-order valence-corrected chi connectivity index (χ0v) is 18.6. The summed E-state index contributed by atoms with van der Waals surface area (Å²) in [7, 11) is -1.75. The first-order valence-electron chi connectivity index (χ1n) is 9.84. The van der Waals surface area contributed by atoms with Crippen LogP contribution in [0, 0.1) is 0 Å². The number of hydrogen-bond donors (Lipinski definition) is 0. The van der Waals surface area contributed by atoms with Gasteiger partial charge in [0.15, 0.2) is 20.2 Å². The molecule has 28 heavy (non-hydrogen) atoms. The predicted octanol–water partition coefficient (Wildman–Crippen LogP) is 5.26. The van der Waals surface area contributed by atoms with E-state index in [1.165, 1.54) is 0 Å². The number of rotatable bonds is 6. The third kappa shape index (κ3) is 4.52. The minimum Gasteiger partial charge on any atom is -0.449 e. The first-order chi connectivity index (χ1) is 13.1. The van der Waals surface area contributed by atoms with Gasteiger partial charge in [-0.15, -0.1) is 0 Å². The molecule has 0 saturated heterocycles. The van der Waals surface area contributed by atoms with Crippen molar-refractivity contribution in [1.82, 2.24) is 10.1 Å². The van der Waals surface area contributed by atoms with Crippen molar-refractivity contribution in [3.63, 3.8) is 0 Å². The molecule has 0 radical (unpaired) electrons. The van der Waals surface area contributed by atoms with E-state index in [0.29, 0.717) is 17.3 Å². The number of nitrogens with zero attached hydrogens (tertiary/aromatic N) is 2. The number of aromatic nitrogens is 2. The summed E-state index contributed by atoms with van der Waals surface area (Å²) in [6.07, 6.45) is 1.49. The molecule has 1 aliphatic rings. The first kappa shape index (κ1) is 20.7.